The number of aliphatic hydroxyl groups excluding tert-OH is 1. The fraction of sp³-hybridized carbons (Fsp3) is 0.879. The standard InChI is InChI=1S/C33H62O3/c1-2-3-4-5-6-7-8-9-10-11-12-13-14-16-19-22-27-32(34)28-23-20-17-15-18-21-25-30-35-33-29-24-26-31-36-33/h6-7,9-10,32-34H,2-5,8,11-31H2,1H3/b7-6-,10-9-. The monoisotopic (exact) mass is 506 g/mol. The average molecular weight is 507 g/mol. The number of allylic oxidation sites excluding steroid dienone is 4. The Morgan fingerprint density at radius 2 is 1.25 bits per heavy atom. The Morgan fingerprint density at radius 3 is 1.83 bits per heavy atom. The molecule has 0 aliphatic carbocycles. The zero-order valence-electron chi connectivity index (χ0n) is 24.1. The Bertz CT molecular complexity index is 481. The SMILES string of the molecule is CCCCC/C=C\C/C=C\CCCCCCCCC(O)CCCCCCCCCOC1CCCCO1. The summed E-state index contributed by atoms with van der Waals surface area (Å²) >= 11 is 0. The maximum Gasteiger partial charge on any atom is 0.157 e. The predicted molar refractivity (Wildman–Crippen MR) is 156 cm³/mol. The van der Waals surface area contributed by atoms with Crippen molar-refractivity contribution in [2.75, 3.05) is 13.2 Å². The maximum atomic E-state index is 10.2. The summed E-state index contributed by atoms with van der Waals surface area (Å²) < 4.78 is 11.4. The van der Waals surface area contributed by atoms with Crippen LogP contribution in [0, 0.1) is 0 Å². The Morgan fingerprint density at radius 1 is 0.694 bits per heavy atom. The first-order valence-corrected chi connectivity index (χ1v) is 16.0. The molecule has 1 heterocycles. The highest BCUT2D eigenvalue weighted by molar-refractivity contribution is 4.92. The number of unbranched alkanes of at least 4 members (excludes halogenated alkanes) is 15. The Balaban J connectivity index is 1.73. The fourth-order valence-electron chi connectivity index (χ4n) is 4.94. The van der Waals surface area contributed by atoms with Gasteiger partial charge in [0.2, 0.25) is 0 Å². The smallest absolute Gasteiger partial charge is 0.157 e. The van der Waals surface area contributed by atoms with Crippen LogP contribution in [0.2, 0.25) is 0 Å². The molecule has 0 aromatic rings. The van der Waals surface area contributed by atoms with Crippen LogP contribution in [0.3, 0.4) is 0 Å². The molecule has 0 amide bonds. The van der Waals surface area contributed by atoms with Crippen LogP contribution in [0.4, 0.5) is 0 Å². The number of rotatable bonds is 26. The van der Waals surface area contributed by atoms with Crippen molar-refractivity contribution in [3.63, 3.8) is 0 Å². The summed E-state index contributed by atoms with van der Waals surface area (Å²) in [6.45, 7) is 3.98. The number of hydrogen-bond acceptors (Lipinski definition) is 3. The van der Waals surface area contributed by atoms with Crippen molar-refractivity contribution in [1.29, 1.82) is 0 Å². The highest BCUT2D eigenvalue weighted by atomic mass is 16.7. The first kappa shape index (κ1) is 33.4. The Kier molecular flexibility index (Phi) is 25.4. The third-order valence-corrected chi connectivity index (χ3v) is 7.36. The third kappa shape index (κ3) is 23.7. The highest BCUT2D eigenvalue weighted by Crippen LogP contribution is 2.16. The third-order valence-electron chi connectivity index (χ3n) is 7.36. The molecule has 0 spiro atoms. The largest absolute Gasteiger partial charge is 0.393 e. The van der Waals surface area contributed by atoms with E-state index in [1.807, 2.05) is 0 Å². The average Bonchev–Trinajstić information content (AvgIpc) is 2.90. The summed E-state index contributed by atoms with van der Waals surface area (Å²) in [6.07, 6.45) is 39.1. The van der Waals surface area contributed by atoms with Crippen molar-refractivity contribution in [2.24, 2.45) is 0 Å². The van der Waals surface area contributed by atoms with Crippen molar-refractivity contribution in [1.82, 2.24) is 0 Å². The quantitative estimate of drug-likeness (QED) is 0.0936. The molecule has 3 nitrogen and oxygen atoms in total. The van der Waals surface area contributed by atoms with Crippen LogP contribution in [0.5, 0.6) is 0 Å². The zero-order valence-corrected chi connectivity index (χ0v) is 24.1. The zero-order chi connectivity index (χ0) is 25.8. The molecule has 1 rings (SSSR count). The molecule has 0 aromatic heterocycles. The molecule has 0 aromatic carbocycles. The van der Waals surface area contributed by atoms with Crippen LogP contribution in [-0.4, -0.2) is 30.7 Å². The molecule has 0 saturated carbocycles. The predicted octanol–water partition coefficient (Wildman–Crippen LogP) is 10.2. The van der Waals surface area contributed by atoms with E-state index in [1.54, 1.807) is 0 Å². The minimum atomic E-state index is -0.0741. The summed E-state index contributed by atoms with van der Waals surface area (Å²) in [7, 11) is 0. The second-order valence-electron chi connectivity index (χ2n) is 11.0. The van der Waals surface area contributed by atoms with Gasteiger partial charge in [0.1, 0.15) is 0 Å². The van der Waals surface area contributed by atoms with E-state index in [1.165, 1.54) is 122 Å². The van der Waals surface area contributed by atoms with E-state index in [2.05, 4.69) is 31.2 Å². The minimum Gasteiger partial charge on any atom is -0.393 e. The number of aliphatic hydroxyl groups is 1. The van der Waals surface area contributed by atoms with Gasteiger partial charge in [0, 0.05) is 13.2 Å². The molecule has 36 heavy (non-hydrogen) atoms. The maximum absolute atomic E-state index is 10.2. The molecule has 1 saturated heterocycles. The molecule has 1 aliphatic heterocycles. The molecular weight excluding hydrogens is 444 g/mol. The van der Waals surface area contributed by atoms with Gasteiger partial charge in [0.05, 0.1) is 6.10 Å². The molecule has 212 valence electrons. The van der Waals surface area contributed by atoms with E-state index < -0.39 is 0 Å². The lowest BCUT2D eigenvalue weighted by Crippen LogP contribution is -2.22. The van der Waals surface area contributed by atoms with Gasteiger partial charge >= 0.3 is 0 Å². The molecule has 1 aliphatic rings. The van der Waals surface area contributed by atoms with E-state index in [4.69, 9.17) is 9.47 Å². The van der Waals surface area contributed by atoms with Gasteiger partial charge in [0.25, 0.3) is 0 Å². The Labute approximate surface area is 225 Å². The van der Waals surface area contributed by atoms with Gasteiger partial charge in [-0.15, -0.1) is 0 Å². The molecule has 0 radical (unpaired) electrons. The van der Waals surface area contributed by atoms with Crippen LogP contribution < -0.4 is 0 Å². The molecule has 0 bridgehead atoms. The number of hydrogen-bond donors (Lipinski definition) is 1. The van der Waals surface area contributed by atoms with Crippen LogP contribution in [0.25, 0.3) is 0 Å². The van der Waals surface area contributed by atoms with E-state index in [-0.39, 0.29) is 12.4 Å². The van der Waals surface area contributed by atoms with E-state index in [0.717, 1.165) is 45.3 Å². The molecule has 3 heteroatoms. The summed E-state index contributed by atoms with van der Waals surface area (Å²) in [5.41, 5.74) is 0. The second kappa shape index (κ2) is 27.4. The fourth-order valence-corrected chi connectivity index (χ4v) is 4.94. The topological polar surface area (TPSA) is 38.7 Å². The van der Waals surface area contributed by atoms with Crippen molar-refractivity contribution < 1.29 is 14.6 Å². The summed E-state index contributed by atoms with van der Waals surface area (Å²) in [4.78, 5) is 0. The van der Waals surface area contributed by atoms with Crippen molar-refractivity contribution >= 4 is 0 Å². The van der Waals surface area contributed by atoms with Crippen LogP contribution in [-0.2, 0) is 9.47 Å². The van der Waals surface area contributed by atoms with Crippen LogP contribution in [0.15, 0.2) is 24.3 Å². The Hall–Kier alpha value is -0.640. The van der Waals surface area contributed by atoms with Crippen molar-refractivity contribution in [3.8, 4) is 0 Å². The first-order chi connectivity index (χ1) is 17.8. The van der Waals surface area contributed by atoms with Gasteiger partial charge in [0.15, 0.2) is 6.29 Å². The van der Waals surface area contributed by atoms with E-state index in [0.29, 0.717) is 0 Å². The lowest BCUT2D eigenvalue weighted by Gasteiger charge is -2.22. The van der Waals surface area contributed by atoms with Crippen molar-refractivity contribution in [2.45, 2.75) is 173 Å². The van der Waals surface area contributed by atoms with E-state index >= 15 is 0 Å². The van der Waals surface area contributed by atoms with Gasteiger partial charge in [-0.2, -0.15) is 0 Å². The van der Waals surface area contributed by atoms with Gasteiger partial charge in [-0.25, -0.2) is 0 Å². The van der Waals surface area contributed by atoms with Gasteiger partial charge < -0.3 is 14.6 Å². The molecule has 2 unspecified atom stereocenters. The summed E-state index contributed by atoms with van der Waals surface area (Å²) in [6, 6.07) is 0. The second-order valence-corrected chi connectivity index (χ2v) is 11.0. The normalized spacial score (nSPS) is 17.4. The minimum absolute atomic E-state index is 0.0697. The van der Waals surface area contributed by atoms with Gasteiger partial charge in [-0.1, -0.05) is 115 Å². The molecule has 1 fully saturated rings. The molecular formula is C33H62O3. The van der Waals surface area contributed by atoms with E-state index in [9.17, 15) is 5.11 Å². The lowest BCUT2D eigenvalue weighted by molar-refractivity contribution is -0.162. The van der Waals surface area contributed by atoms with Crippen molar-refractivity contribution in [3.05, 3.63) is 24.3 Å². The van der Waals surface area contributed by atoms with Gasteiger partial charge in [-0.3, -0.25) is 0 Å². The summed E-state index contributed by atoms with van der Waals surface area (Å²) in [5.74, 6) is 0. The number of ether oxygens (including phenoxy) is 2. The van der Waals surface area contributed by atoms with Crippen LogP contribution in [0.1, 0.15) is 161 Å². The molecule has 2 atom stereocenters. The summed E-state index contributed by atoms with van der Waals surface area (Å²) in [5, 5.41) is 10.2. The lowest BCUT2D eigenvalue weighted by atomic mass is 10.0. The highest BCUT2D eigenvalue weighted by Gasteiger charge is 2.13. The first-order valence-electron chi connectivity index (χ1n) is 16.0. The molecule has 1 N–H and O–H groups in total. The van der Waals surface area contributed by atoms with Gasteiger partial charge in [-0.05, 0) is 70.6 Å². The van der Waals surface area contributed by atoms with Crippen LogP contribution >= 0.6 is 0 Å².